The normalized spacial score (nSPS) is 29.8. The van der Waals surface area contributed by atoms with Crippen molar-refractivity contribution in [3.8, 4) is 0 Å². The van der Waals surface area contributed by atoms with Crippen molar-refractivity contribution in [1.29, 1.82) is 0 Å². The molecule has 0 spiro atoms. The van der Waals surface area contributed by atoms with Crippen LogP contribution in [0.15, 0.2) is 85.1 Å². The maximum Gasteiger partial charge on any atom is 0.147 e. The van der Waals surface area contributed by atoms with Crippen molar-refractivity contribution in [1.82, 2.24) is 4.98 Å². The summed E-state index contributed by atoms with van der Waals surface area (Å²) in [7, 11) is -2.90. The Kier molecular flexibility index (Phi) is 4.56. The van der Waals surface area contributed by atoms with Gasteiger partial charge >= 0.3 is 0 Å². The average Bonchev–Trinajstić information content (AvgIpc) is 3.12. The third-order valence-electron chi connectivity index (χ3n) is 8.52. The van der Waals surface area contributed by atoms with Crippen LogP contribution in [0.5, 0.6) is 0 Å². The van der Waals surface area contributed by atoms with E-state index in [-0.39, 0.29) is 22.4 Å². The van der Waals surface area contributed by atoms with Crippen LogP contribution in [0.25, 0.3) is 0 Å². The summed E-state index contributed by atoms with van der Waals surface area (Å²) in [6, 6.07) is 26.7. The maximum atomic E-state index is 15.4. The van der Waals surface area contributed by atoms with E-state index in [1.807, 2.05) is 48.7 Å². The molecular weight excluding hydrogens is 385 g/mol. The van der Waals surface area contributed by atoms with Gasteiger partial charge in [-0.2, -0.15) is 0 Å². The van der Waals surface area contributed by atoms with Crippen molar-refractivity contribution < 1.29 is 4.57 Å². The van der Waals surface area contributed by atoms with Gasteiger partial charge in [-0.05, 0) is 41.7 Å². The Morgan fingerprint density at radius 3 is 1.93 bits per heavy atom. The zero-order chi connectivity index (χ0) is 21.0. The Morgan fingerprint density at radius 1 is 0.833 bits per heavy atom. The lowest BCUT2D eigenvalue weighted by molar-refractivity contribution is 0.133. The van der Waals surface area contributed by atoms with Gasteiger partial charge in [-0.1, -0.05) is 87.5 Å². The minimum absolute atomic E-state index is 0.0611. The standard InChI is InChI=1S/C27H30NOP/c1-26(2)22-17-18-27(26,3)24(23-16-10-11-19-28-23)25(22)30(29,20-12-6-4-7-13-20)21-14-8-5-9-15-21/h4-16,19,22,24-25H,17-18H2,1-3H3. The Morgan fingerprint density at radius 2 is 1.40 bits per heavy atom. The van der Waals surface area contributed by atoms with Gasteiger partial charge in [-0.25, -0.2) is 0 Å². The molecule has 2 saturated carbocycles. The molecule has 3 heteroatoms. The molecule has 2 aliphatic carbocycles. The van der Waals surface area contributed by atoms with E-state index in [4.69, 9.17) is 4.98 Å². The highest BCUT2D eigenvalue weighted by atomic mass is 31.2. The lowest BCUT2D eigenvalue weighted by atomic mass is 9.66. The Hall–Kier alpha value is -2.18. The Bertz CT molecular complexity index is 1040. The van der Waals surface area contributed by atoms with Crippen LogP contribution in [0.2, 0.25) is 0 Å². The minimum atomic E-state index is -2.90. The molecule has 0 radical (unpaired) electrons. The molecule has 2 aliphatic rings. The van der Waals surface area contributed by atoms with Crippen LogP contribution in [0, 0.1) is 16.7 Å². The van der Waals surface area contributed by atoms with Crippen molar-refractivity contribution in [3.63, 3.8) is 0 Å². The van der Waals surface area contributed by atoms with Crippen LogP contribution in [-0.4, -0.2) is 10.6 Å². The van der Waals surface area contributed by atoms with Gasteiger partial charge in [-0.3, -0.25) is 4.98 Å². The molecule has 2 nitrogen and oxygen atoms in total. The first-order valence-corrected chi connectivity index (χ1v) is 12.8. The van der Waals surface area contributed by atoms with Gasteiger partial charge in [0, 0.05) is 34.1 Å². The minimum Gasteiger partial charge on any atom is -0.313 e. The topological polar surface area (TPSA) is 30.0 Å². The first kappa shape index (κ1) is 19.8. The second-order valence-corrected chi connectivity index (χ2v) is 12.8. The summed E-state index contributed by atoms with van der Waals surface area (Å²) in [5.74, 6) is 0.583. The van der Waals surface area contributed by atoms with Gasteiger partial charge in [0.2, 0.25) is 0 Å². The molecule has 3 aromatic rings. The summed E-state index contributed by atoms with van der Waals surface area (Å²) in [5.41, 5.74) is 1.35. The number of hydrogen-bond acceptors (Lipinski definition) is 2. The summed E-state index contributed by atoms with van der Waals surface area (Å²) >= 11 is 0. The SMILES string of the molecule is CC1(C)C2CCC1(C)C(c1ccccn1)C2P(=O)(c1ccccc1)c1ccccc1. The summed E-state index contributed by atoms with van der Waals surface area (Å²) < 4.78 is 15.4. The van der Waals surface area contributed by atoms with Crippen molar-refractivity contribution >= 4 is 17.8 Å². The van der Waals surface area contributed by atoms with Crippen molar-refractivity contribution in [3.05, 3.63) is 90.8 Å². The fourth-order valence-electron chi connectivity index (χ4n) is 6.64. The summed E-state index contributed by atoms with van der Waals surface area (Å²) in [4.78, 5) is 4.82. The number of rotatable bonds is 4. The van der Waals surface area contributed by atoms with Gasteiger partial charge < -0.3 is 4.57 Å². The summed E-state index contributed by atoms with van der Waals surface area (Å²) in [6.07, 6.45) is 4.21. The van der Waals surface area contributed by atoms with E-state index in [1.165, 1.54) is 6.42 Å². The highest BCUT2D eigenvalue weighted by Crippen LogP contribution is 2.78. The van der Waals surface area contributed by atoms with Crippen LogP contribution in [0.4, 0.5) is 0 Å². The fourth-order valence-corrected chi connectivity index (χ4v) is 10.8. The van der Waals surface area contributed by atoms with Gasteiger partial charge in [-0.15, -0.1) is 0 Å². The molecule has 4 atom stereocenters. The van der Waals surface area contributed by atoms with Crippen LogP contribution in [0.3, 0.4) is 0 Å². The molecule has 2 aromatic carbocycles. The highest BCUT2D eigenvalue weighted by Gasteiger charge is 2.70. The molecular formula is C27H30NOP. The average molecular weight is 416 g/mol. The van der Waals surface area contributed by atoms with Crippen LogP contribution in [0.1, 0.15) is 45.2 Å². The van der Waals surface area contributed by atoms with E-state index in [1.54, 1.807) is 0 Å². The molecule has 4 unspecified atom stereocenters. The molecule has 1 heterocycles. The number of nitrogens with zero attached hydrogens (tertiary/aromatic N) is 1. The Labute approximate surface area is 180 Å². The second-order valence-electron chi connectivity index (χ2n) is 9.84. The van der Waals surface area contributed by atoms with E-state index in [9.17, 15) is 0 Å². The monoisotopic (exact) mass is 415 g/mol. The highest BCUT2D eigenvalue weighted by molar-refractivity contribution is 7.79. The van der Waals surface area contributed by atoms with Crippen molar-refractivity contribution in [2.24, 2.45) is 16.7 Å². The molecule has 0 saturated heterocycles. The van der Waals surface area contributed by atoms with E-state index < -0.39 is 7.14 Å². The molecule has 0 N–H and O–H groups in total. The van der Waals surface area contributed by atoms with Crippen LogP contribution >= 0.6 is 7.14 Å². The molecule has 0 amide bonds. The van der Waals surface area contributed by atoms with E-state index in [0.717, 1.165) is 22.7 Å². The van der Waals surface area contributed by atoms with E-state index in [2.05, 4.69) is 57.2 Å². The molecule has 5 rings (SSSR count). The number of pyridine rings is 1. The lowest BCUT2D eigenvalue weighted by Crippen LogP contribution is -2.37. The number of aromatic nitrogens is 1. The fraction of sp³-hybridized carbons (Fsp3) is 0.370. The molecule has 2 bridgehead atoms. The van der Waals surface area contributed by atoms with Crippen LogP contribution in [-0.2, 0) is 4.57 Å². The third-order valence-corrected chi connectivity index (χ3v) is 12.1. The Balaban J connectivity index is 1.79. The summed E-state index contributed by atoms with van der Waals surface area (Å²) in [6.45, 7) is 7.23. The van der Waals surface area contributed by atoms with E-state index in [0.29, 0.717) is 5.92 Å². The predicted octanol–water partition coefficient (Wildman–Crippen LogP) is 6.00. The molecule has 0 aliphatic heterocycles. The van der Waals surface area contributed by atoms with Crippen molar-refractivity contribution in [2.45, 2.75) is 45.2 Å². The smallest absolute Gasteiger partial charge is 0.147 e. The number of fused-ring (bicyclic) bond motifs is 2. The van der Waals surface area contributed by atoms with Crippen molar-refractivity contribution in [2.75, 3.05) is 0 Å². The number of hydrogen-bond donors (Lipinski definition) is 0. The lowest BCUT2D eigenvalue weighted by Gasteiger charge is -2.42. The van der Waals surface area contributed by atoms with Gasteiger partial charge in [0.05, 0.1) is 0 Å². The largest absolute Gasteiger partial charge is 0.313 e. The second kappa shape index (κ2) is 6.92. The molecule has 2 fully saturated rings. The summed E-state index contributed by atoms with van der Waals surface area (Å²) in [5, 5.41) is 1.96. The first-order valence-electron chi connectivity index (χ1n) is 11.0. The van der Waals surface area contributed by atoms with Gasteiger partial charge in [0.1, 0.15) is 7.14 Å². The molecule has 154 valence electrons. The van der Waals surface area contributed by atoms with Crippen LogP contribution < -0.4 is 10.6 Å². The van der Waals surface area contributed by atoms with Gasteiger partial charge in [0.15, 0.2) is 0 Å². The molecule has 1 aromatic heterocycles. The first-order chi connectivity index (χ1) is 14.4. The predicted molar refractivity (Wildman–Crippen MR) is 125 cm³/mol. The molecule has 30 heavy (non-hydrogen) atoms. The quantitative estimate of drug-likeness (QED) is 0.489. The van der Waals surface area contributed by atoms with E-state index >= 15 is 4.57 Å². The maximum absolute atomic E-state index is 15.4. The zero-order valence-electron chi connectivity index (χ0n) is 18.0. The number of benzene rings is 2. The third kappa shape index (κ3) is 2.56. The van der Waals surface area contributed by atoms with Gasteiger partial charge in [0.25, 0.3) is 0 Å². The zero-order valence-corrected chi connectivity index (χ0v) is 18.9.